The van der Waals surface area contributed by atoms with Crippen molar-refractivity contribution in [3.8, 4) is 0 Å². The molecule has 1 aromatic heterocycles. The van der Waals surface area contributed by atoms with E-state index in [1.165, 1.54) is 6.26 Å². The minimum Gasteiger partial charge on any atom is -0.467 e. The lowest BCUT2D eigenvalue weighted by atomic mass is 9.80. The zero-order valence-electron chi connectivity index (χ0n) is 13.6. The first kappa shape index (κ1) is 16.3. The number of hydrogen-bond donors (Lipinski definition) is 2. The highest BCUT2D eigenvalue weighted by Crippen LogP contribution is 2.34. The van der Waals surface area contributed by atoms with Gasteiger partial charge >= 0.3 is 0 Å². The van der Waals surface area contributed by atoms with E-state index in [0.29, 0.717) is 11.3 Å². The van der Waals surface area contributed by atoms with E-state index >= 15 is 0 Å². The molecule has 0 radical (unpaired) electrons. The minimum atomic E-state index is -0.147. The molecule has 1 amide bonds. The summed E-state index contributed by atoms with van der Waals surface area (Å²) in [4.78, 5) is 12.5. The summed E-state index contributed by atoms with van der Waals surface area (Å²) in [6.07, 6.45) is 1.45. The Kier molecular flexibility index (Phi) is 4.71. The Hall–Kier alpha value is -2.07. The molecule has 3 N–H and O–H groups in total. The number of rotatable bonds is 4. The van der Waals surface area contributed by atoms with Gasteiger partial charge in [-0.3, -0.25) is 4.79 Å². The van der Waals surface area contributed by atoms with Crippen molar-refractivity contribution < 1.29 is 9.21 Å². The van der Waals surface area contributed by atoms with Gasteiger partial charge in [0.2, 0.25) is 0 Å². The predicted molar refractivity (Wildman–Crippen MR) is 87.4 cm³/mol. The molecule has 0 spiro atoms. The first-order chi connectivity index (χ1) is 10.3. The van der Waals surface area contributed by atoms with Gasteiger partial charge in [-0.25, -0.2) is 0 Å². The molecule has 4 nitrogen and oxygen atoms in total. The first-order valence-electron chi connectivity index (χ1n) is 7.47. The van der Waals surface area contributed by atoms with E-state index in [1.807, 2.05) is 12.1 Å². The van der Waals surface area contributed by atoms with Gasteiger partial charge in [-0.05, 0) is 29.5 Å². The molecular formula is C18H24N2O2. The van der Waals surface area contributed by atoms with E-state index in [1.54, 1.807) is 6.07 Å². The van der Waals surface area contributed by atoms with Gasteiger partial charge in [0.15, 0.2) is 0 Å². The third kappa shape index (κ3) is 3.57. The maximum Gasteiger partial charge on any atom is 0.255 e. The molecule has 2 rings (SSSR count). The third-order valence-electron chi connectivity index (χ3n) is 3.76. The average molecular weight is 300 g/mol. The maximum atomic E-state index is 12.5. The van der Waals surface area contributed by atoms with Crippen LogP contribution in [-0.4, -0.2) is 5.91 Å². The molecule has 118 valence electrons. The van der Waals surface area contributed by atoms with Crippen molar-refractivity contribution in [2.45, 2.75) is 40.3 Å². The number of nitrogens with two attached hydrogens (primary N) is 1. The van der Waals surface area contributed by atoms with Crippen molar-refractivity contribution in [2.24, 2.45) is 11.1 Å². The topological polar surface area (TPSA) is 68.3 Å². The van der Waals surface area contributed by atoms with Gasteiger partial charge < -0.3 is 15.5 Å². The lowest BCUT2D eigenvalue weighted by Gasteiger charge is -2.33. The van der Waals surface area contributed by atoms with Crippen LogP contribution in [0.25, 0.3) is 0 Å². The number of hydrogen-bond acceptors (Lipinski definition) is 3. The van der Waals surface area contributed by atoms with Gasteiger partial charge in [-0.1, -0.05) is 45.0 Å². The number of benzene rings is 1. The summed E-state index contributed by atoms with van der Waals surface area (Å²) < 4.78 is 5.25. The lowest BCUT2D eigenvalue weighted by molar-refractivity contribution is 0.0901. The van der Waals surface area contributed by atoms with Crippen molar-refractivity contribution >= 4 is 5.91 Å². The molecule has 1 atom stereocenters. The molecule has 0 fully saturated rings. The minimum absolute atomic E-state index is 0.0857. The normalized spacial score (nSPS) is 13.0. The van der Waals surface area contributed by atoms with E-state index in [0.717, 1.165) is 11.1 Å². The summed E-state index contributed by atoms with van der Waals surface area (Å²) in [7, 11) is 0. The average Bonchev–Trinajstić information content (AvgIpc) is 2.93. The van der Waals surface area contributed by atoms with Crippen LogP contribution < -0.4 is 11.1 Å². The van der Waals surface area contributed by atoms with Crippen molar-refractivity contribution in [3.63, 3.8) is 0 Å². The van der Waals surface area contributed by atoms with Crippen LogP contribution in [0.1, 0.15) is 54.1 Å². The van der Waals surface area contributed by atoms with Crippen LogP contribution in [0.3, 0.4) is 0 Å². The number of nitrogens with one attached hydrogen (secondary N) is 1. The molecule has 1 heterocycles. The molecule has 1 unspecified atom stereocenters. The van der Waals surface area contributed by atoms with E-state index in [2.05, 4.69) is 45.1 Å². The van der Waals surface area contributed by atoms with Crippen LogP contribution in [0, 0.1) is 12.3 Å². The van der Waals surface area contributed by atoms with Gasteiger partial charge in [0.25, 0.3) is 5.91 Å². The molecule has 0 aliphatic heterocycles. The highest BCUT2D eigenvalue weighted by molar-refractivity contribution is 5.94. The second-order valence-electron chi connectivity index (χ2n) is 6.63. The summed E-state index contributed by atoms with van der Waals surface area (Å²) in [6, 6.07) is 9.73. The standard InChI is InChI=1S/C18H24N2O2/c1-12-7-5-6-8-15(12)16(18(2,3)4)20-17(21)13-9-14(10-19)22-11-13/h5-9,11,16H,10,19H2,1-4H3,(H,20,21). The van der Waals surface area contributed by atoms with Crippen LogP contribution in [0.5, 0.6) is 0 Å². The smallest absolute Gasteiger partial charge is 0.255 e. The summed E-state index contributed by atoms with van der Waals surface area (Å²) in [5.41, 5.74) is 8.21. The van der Waals surface area contributed by atoms with Gasteiger partial charge in [0.05, 0.1) is 18.2 Å². The molecule has 22 heavy (non-hydrogen) atoms. The molecule has 1 aromatic carbocycles. The number of aryl methyl sites for hydroxylation is 1. The van der Waals surface area contributed by atoms with Crippen molar-refractivity contribution in [2.75, 3.05) is 0 Å². The fourth-order valence-corrected chi connectivity index (χ4v) is 2.49. The Labute approximate surface area is 131 Å². The molecular weight excluding hydrogens is 276 g/mol. The van der Waals surface area contributed by atoms with Gasteiger partial charge in [-0.15, -0.1) is 0 Å². The largest absolute Gasteiger partial charge is 0.467 e. The SMILES string of the molecule is Cc1ccccc1C(NC(=O)c1coc(CN)c1)C(C)(C)C. The molecule has 2 aromatic rings. The van der Waals surface area contributed by atoms with Crippen LogP contribution in [0.4, 0.5) is 0 Å². The summed E-state index contributed by atoms with van der Waals surface area (Å²) >= 11 is 0. The van der Waals surface area contributed by atoms with Crippen LogP contribution in [0.2, 0.25) is 0 Å². The Bertz CT molecular complexity index is 653. The molecule has 0 aliphatic rings. The molecule has 0 aliphatic carbocycles. The highest BCUT2D eigenvalue weighted by Gasteiger charge is 2.29. The van der Waals surface area contributed by atoms with Gasteiger partial charge in [0.1, 0.15) is 12.0 Å². The second kappa shape index (κ2) is 6.36. The predicted octanol–water partition coefficient (Wildman–Crippen LogP) is 3.56. The Morgan fingerprint density at radius 2 is 2.00 bits per heavy atom. The van der Waals surface area contributed by atoms with Crippen LogP contribution in [-0.2, 0) is 6.54 Å². The fourth-order valence-electron chi connectivity index (χ4n) is 2.49. The second-order valence-corrected chi connectivity index (χ2v) is 6.63. The fraction of sp³-hybridized carbons (Fsp3) is 0.389. The van der Waals surface area contributed by atoms with E-state index in [9.17, 15) is 4.79 Å². The summed E-state index contributed by atoms with van der Waals surface area (Å²) in [5.74, 6) is 0.458. The summed E-state index contributed by atoms with van der Waals surface area (Å²) in [6.45, 7) is 8.69. The number of amides is 1. The number of carbonyl (C=O) groups is 1. The quantitative estimate of drug-likeness (QED) is 0.907. The van der Waals surface area contributed by atoms with Crippen molar-refractivity contribution in [1.82, 2.24) is 5.32 Å². The lowest BCUT2D eigenvalue weighted by Crippen LogP contribution is -2.36. The first-order valence-corrected chi connectivity index (χ1v) is 7.47. The highest BCUT2D eigenvalue weighted by atomic mass is 16.3. The number of furan rings is 1. The van der Waals surface area contributed by atoms with Gasteiger partial charge in [-0.2, -0.15) is 0 Å². The van der Waals surface area contributed by atoms with E-state index < -0.39 is 0 Å². The zero-order valence-corrected chi connectivity index (χ0v) is 13.6. The monoisotopic (exact) mass is 300 g/mol. The summed E-state index contributed by atoms with van der Waals surface area (Å²) in [5, 5.41) is 3.13. The zero-order chi connectivity index (χ0) is 16.3. The molecule has 0 bridgehead atoms. The molecule has 0 saturated carbocycles. The van der Waals surface area contributed by atoms with E-state index in [4.69, 9.17) is 10.2 Å². The van der Waals surface area contributed by atoms with E-state index in [-0.39, 0.29) is 23.9 Å². The maximum absolute atomic E-state index is 12.5. The molecule has 0 saturated heterocycles. The Morgan fingerprint density at radius 3 is 2.55 bits per heavy atom. The van der Waals surface area contributed by atoms with Crippen molar-refractivity contribution in [1.29, 1.82) is 0 Å². The van der Waals surface area contributed by atoms with Crippen LogP contribution in [0.15, 0.2) is 41.0 Å². The van der Waals surface area contributed by atoms with Crippen molar-refractivity contribution in [3.05, 3.63) is 59.0 Å². The Morgan fingerprint density at radius 1 is 1.32 bits per heavy atom. The Balaban J connectivity index is 2.28. The van der Waals surface area contributed by atoms with Crippen LogP contribution >= 0.6 is 0 Å². The molecule has 4 heteroatoms. The third-order valence-corrected chi connectivity index (χ3v) is 3.76. The number of carbonyl (C=O) groups excluding carboxylic acids is 1. The van der Waals surface area contributed by atoms with Gasteiger partial charge in [0, 0.05) is 0 Å².